The van der Waals surface area contributed by atoms with Crippen molar-refractivity contribution < 1.29 is 12.8 Å². The molecule has 0 saturated heterocycles. The van der Waals surface area contributed by atoms with Gasteiger partial charge in [0.25, 0.3) is 0 Å². The first-order valence-corrected chi connectivity index (χ1v) is 6.81. The zero-order valence-corrected chi connectivity index (χ0v) is 9.63. The zero-order valence-electron chi connectivity index (χ0n) is 8.82. The minimum absolute atomic E-state index is 0.0277. The van der Waals surface area contributed by atoms with Crippen LogP contribution in [-0.2, 0) is 9.84 Å². The van der Waals surface area contributed by atoms with Crippen molar-refractivity contribution in [2.24, 2.45) is 11.1 Å². The van der Waals surface area contributed by atoms with Gasteiger partial charge in [-0.3, -0.25) is 0 Å². The molecule has 1 aromatic rings. The Labute approximate surface area is 94.4 Å². The standard InChI is InChI=1S/C11H14FNO2S/c12-9-2-1-3-10(6-9)16(14,15)8-11(7-13)4-5-11/h1-3,6H,4-5,7-8,13H2. The Kier molecular flexibility index (Phi) is 2.75. The number of halogens is 1. The first-order valence-electron chi connectivity index (χ1n) is 5.16. The van der Waals surface area contributed by atoms with Crippen molar-refractivity contribution in [3.8, 4) is 0 Å². The predicted molar refractivity (Wildman–Crippen MR) is 59.2 cm³/mol. The third-order valence-electron chi connectivity index (χ3n) is 3.04. The van der Waals surface area contributed by atoms with Crippen LogP contribution >= 0.6 is 0 Å². The second kappa shape index (κ2) is 3.82. The number of nitrogens with two attached hydrogens (primary N) is 1. The van der Waals surface area contributed by atoms with Crippen LogP contribution in [0, 0.1) is 11.2 Å². The molecule has 0 amide bonds. The van der Waals surface area contributed by atoms with Crippen LogP contribution in [0.2, 0.25) is 0 Å². The summed E-state index contributed by atoms with van der Waals surface area (Å²) in [6.45, 7) is 0.377. The Morgan fingerprint density at radius 3 is 2.56 bits per heavy atom. The summed E-state index contributed by atoms with van der Waals surface area (Å²) in [5.74, 6) is -0.501. The predicted octanol–water partition coefficient (Wildman–Crippen LogP) is 1.34. The lowest BCUT2D eigenvalue weighted by molar-refractivity contribution is 0.545. The summed E-state index contributed by atoms with van der Waals surface area (Å²) in [4.78, 5) is 0.0484. The number of rotatable bonds is 4. The smallest absolute Gasteiger partial charge is 0.179 e. The summed E-state index contributed by atoms with van der Waals surface area (Å²) in [7, 11) is -3.41. The van der Waals surface area contributed by atoms with Gasteiger partial charge < -0.3 is 5.73 Å². The Morgan fingerprint density at radius 1 is 1.38 bits per heavy atom. The summed E-state index contributed by atoms with van der Waals surface area (Å²) in [5, 5.41) is 0. The maximum absolute atomic E-state index is 12.9. The molecular formula is C11H14FNO2S. The minimum atomic E-state index is -3.41. The van der Waals surface area contributed by atoms with Crippen LogP contribution < -0.4 is 5.73 Å². The first-order chi connectivity index (χ1) is 7.47. The molecule has 2 rings (SSSR count). The molecule has 0 aliphatic heterocycles. The highest BCUT2D eigenvalue weighted by Crippen LogP contribution is 2.46. The molecule has 16 heavy (non-hydrogen) atoms. The van der Waals surface area contributed by atoms with Crippen molar-refractivity contribution in [3.63, 3.8) is 0 Å². The van der Waals surface area contributed by atoms with Gasteiger partial charge >= 0.3 is 0 Å². The lowest BCUT2D eigenvalue weighted by Crippen LogP contribution is -2.25. The van der Waals surface area contributed by atoms with E-state index in [1.807, 2.05) is 0 Å². The lowest BCUT2D eigenvalue weighted by atomic mass is 10.1. The third kappa shape index (κ3) is 2.25. The van der Waals surface area contributed by atoms with Crippen molar-refractivity contribution in [3.05, 3.63) is 30.1 Å². The molecule has 1 aliphatic rings. The molecule has 0 unspecified atom stereocenters. The van der Waals surface area contributed by atoms with E-state index in [-0.39, 0.29) is 16.1 Å². The maximum atomic E-state index is 12.9. The molecule has 88 valence electrons. The average Bonchev–Trinajstić information content (AvgIpc) is 2.98. The fraction of sp³-hybridized carbons (Fsp3) is 0.455. The zero-order chi connectivity index (χ0) is 11.8. The van der Waals surface area contributed by atoms with E-state index in [0.29, 0.717) is 6.54 Å². The lowest BCUT2D eigenvalue weighted by Gasteiger charge is -2.12. The monoisotopic (exact) mass is 243 g/mol. The Bertz CT molecular complexity index is 494. The van der Waals surface area contributed by atoms with Crippen molar-refractivity contribution in [2.75, 3.05) is 12.3 Å². The maximum Gasteiger partial charge on any atom is 0.179 e. The summed E-state index contributed by atoms with van der Waals surface area (Å²) in [5.41, 5.74) is 5.29. The van der Waals surface area contributed by atoms with E-state index in [1.54, 1.807) is 0 Å². The molecule has 0 atom stereocenters. The Hall–Kier alpha value is -0.940. The van der Waals surface area contributed by atoms with Gasteiger partial charge in [-0.05, 0) is 43.0 Å². The van der Waals surface area contributed by atoms with E-state index in [0.717, 1.165) is 18.9 Å². The largest absolute Gasteiger partial charge is 0.330 e. The van der Waals surface area contributed by atoms with Gasteiger partial charge in [0, 0.05) is 0 Å². The van der Waals surface area contributed by atoms with Crippen LogP contribution in [0.5, 0.6) is 0 Å². The first kappa shape index (κ1) is 11.5. The van der Waals surface area contributed by atoms with Crippen molar-refractivity contribution in [1.82, 2.24) is 0 Å². The molecule has 1 aromatic carbocycles. The van der Waals surface area contributed by atoms with E-state index in [1.165, 1.54) is 18.2 Å². The molecule has 1 saturated carbocycles. The van der Waals surface area contributed by atoms with Gasteiger partial charge in [0.05, 0.1) is 10.6 Å². The number of sulfone groups is 1. The van der Waals surface area contributed by atoms with Gasteiger partial charge in [-0.25, -0.2) is 12.8 Å². The topological polar surface area (TPSA) is 60.2 Å². The van der Waals surface area contributed by atoms with Gasteiger partial charge in [-0.15, -0.1) is 0 Å². The third-order valence-corrected chi connectivity index (χ3v) is 5.01. The molecule has 0 heterocycles. The van der Waals surface area contributed by atoms with Crippen molar-refractivity contribution in [1.29, 1.82) is 0 Å². The summed E-state index contributed by atoms with van der Waals surface area (Å²) < 4.78 is 36.9. The van der Waals surface area contributed by atoms with Crippen LogP contribution in [0.4, 0.5) is 4.39 Å². The molecule has 1 fully saturated rings. The molecule has 1 aliphatic carbocycles. The van der Waals surface area contributed by atoms with Crippen molar-refractivity contribution >= 4 is 9.84 Å². The van der Waals surface area contributed by atoms with Crippen LogP contribution in [0.3, 0.4) is 0 Å². The minimum Gasteiger partial charge on any atom is -0.330 e. The summed E-state index contributed by atoms with van der Waals surface area (Å²) in [6.07, 6.45) is 1.69. The second-order valence-electron chi connectivity index (χ2n) is 4.42. The molecule has 3 nitrogen and oxygen atoms in total. The summed E-state index contributed by atoms with van der Waals surface area (Å²) in [6, 6.07) is 5.12. The molecule has 0 aromatic heterocycles. The molecular weight excluding hydrogens is 229 g/mol. The van der Waals surface area contributed by atoms with E-state index < -0.39 is 15.7 Å². The Balaban J connectivity index is 2.26. The highest BCUT2D eigenvalue weighted by molar-refractivity contribution is 7.91. The second-order valence-corrected chi connectivity index (χ2v) is 6.41. The molecule has 0 spiro atoms. The van der Waals surface area contributed by atoms with Gasteiger partial charge in [0.2, 0.25) is 0 Å². The quantitative estimate of drug-likeness (QED) is 0.868. The average molecular weight is 243 g/mol. The van der Waals surface area contributed by atoms with E-state index >= 15 is 0 Å². The van der Waals surface area contributed by atoms with E-state index in [9.17, 15) is 12.8 Å². The van der Waals surface area contributed by atoms with E-state index in [2.05, 4.69) is 0 Å². The summed E-state index contributed by atoms with van der Waals surface area (Å²) >= 11 is 0. The SMILES string of the molecule is NCC1(CS(=O)(=O)c2cccc(F)c2)CC1. The van der Waals surface area contributed by atoms with Crippen LogP contribution in [0.1, 0.15) is 12.8 Å². The highest BCUT2D eigenvalue weighted by atomic mass is 32.2. The molecule has 2 N–H and O–H groups in total. The van der Waals surface area contributed by atoms with Crippen LogP contribution in [0.15, 0.2) is 29.2 Å². The normalized spacial score (nSPS) is 18.4. The van der Waals surface area contributed by atoms with Gasteiger partial charge in [0.15, 0.2) is 9.84 Å². The fourth-order valence-corrected chi connectivity index (χ4v) is 3.69. The fourth-order valence-electron chi connectivity index (χ4n) is 1.73. The van der Waals surface area contributed by atoms with Crippen LogP contribution in [-0.4, -0.2) is 20.7 Å². The molecule has 5 heteroatoms. The van der Waals surface area contributed by atoms with Gasteiger partial charge in [0.1, 0.15) is 5.82 Å². The number of hydrogen-bond acceptors (Lipinski definition) is 3. The number of hydrogen-bond donors (Lipinski definition) is 1. The molecule has 0 bridgehead atoms. The number of benzene rings is 1. The Morgan fingerprint density at radius 2 is 2.06 bits per heavy atom. The van der Waals surface area contributed by atoms with Crippen LogP contribution in [0.25, 0.3) is 0 Å². The molecule has 0 radical (unpaired) electrons. The van der Waals surface area contributed by atoms with Gasteiger partial charge in [-0.1, -0.05) is 6.07 Å². The van der Waals surface area contributed by atoms with Gasteiger partial charge in [-0.2, -0.15) is 0 Å². The van der Waals surface area contributed by atoms with E-state index in [4.69, 9.17) is 5.73 Å². The highest BCUT2D eigenvalue weighted by Gasteiger charge is 2.45. The van der Waals surface area contributed by atoms with Crippen molar-refractivity contribution in [2.45, 2.75) is 17.7 Å².